The average molecular weight is 382 g/mol. The predicted octanol–water partition coefficient (Wildman–Crippen LogP) is 3.77. The molecule has 1 aromatic carbocycles. The molecule has 0 atom stereocenters. The van der Waals surface area contributed by atoms with Gasteiger partial charge in [-0.3, -0.25) is 4.98 Å². The lowest BCUT2D eigenvalue weighted by Crippen LogP contribution is -2.14. The molecule has 1 aliphatic rings. The number of hydrogen-bond donors (Lipinski definition) is 1. The number of aryl methyl sites for hydroxylation is 2. The zero-order chi connectivity index (χ0) is 19.2. The summed E-state index contributed by atoms with van der Waals surface area (Å²) in [5.41, 5.74) is 4.94. The molecule has 3 aromatic rings. The van der Waals surface area contributed by atoms with Crippen molar-refractivity contribution in [2.45, 2.75) is 44.1 Å². The predicted molar refractivity (Wildman–Crippen MR) is 104 cm³/mol. The Labute approximate surface area is 159 Å². The molecule has 0 amide bonds. The lowest BCUT2D eigenvalue weighted by Gasteiger charge is -2.14. The molecule has 1 N–H and O–H groups in total. The zero-order valence-corrected chi connectivity index (χ0v) is 16.2. The molecule has 1 fully saturated rings. The van der Waals surface area contributed by atoms with Gasteiger partial charge in [-0.2, -0.15) is 0 Å². The molecule has 4 rings (SSSR count). The highest BCUT2D eigenvalue weighted by molar-refractivity contribution is 7.90. The van der Waals surface area contributed by atoms with Gasteiger partial charge in [0.1, 0.15) is 4.90 Å². The third-order valence-corrected chi connectivity index (χ3v) is 6.73. The summed E-state index contributed by atoms with van der Waals surface area (Å²) in [6.07, 6.45) is 5.00. The van der Waals surface area contributed by atoms with Crippen molar-refractivity contribution in [3.63, 3.8) is 0 Å². The average Bonchev–Trinajstić information content (AvgIpc) is 3.42. The van der Waals surface area contributed by atoms with Gasteiger partial charge in [0, 0.05) is 29.2 Å². The Morgan fingerprint density at radius 3 is 2.48 bits per heavy atom. The van der Waals surface area contributed by atoms with Crippen molar-refractivity contribution in [3.05, 3.63) is 71.2 Å². The molecule has 2 aromatic heterocycles. The minimum absolute atomic E-state index is 0.143. The first-order valence-electron chi connectivity index (χ1n) is 9.02. The first kappa shape index (κ1) is 17.9. The molecule has 1 aliphatic carbocycles. The van der Waals surface area contributed by atoms with Crippen LogP contribution in [0.4, 0.5) is 0 Å². The Hall–Kier alpha value is -2.44. The largest absolute Gasteiger partial charge is 0.392 e. The van der Waals surface area contributed by atoms with Crippen molar-refractivity contribution in [3.8, 4) is 11.3 Å². The summed E-state index contributed by atoms with van der Waals surface area (Å²) in [4.78, 5) is 4.29. The summed E-state index contributed by atoms with van der Waals surface area (Å²) in [6, 6.07) is 11.0. The Kier molecular flexibility index (Phi) is 4.40. The highest BCUT2D eigenvalue weighted by Crippen LogP contribution is 2.48. The molecule has 1 saturated carbocycles. The highest BCUT2D eigenvalue weighted by Gasteiger charge is 2.35. The van der Waals surface area contributed by atoms with Gasteiger partial charge in [-0.25, -0.2) is 12.4 Å². The second-order valence-electron chi connectivity index (χ2n) is 7.10. The lowest BCUT2D eigenvalue weighted by molar-refractivity contribution is 0.281. The first-order chi connectivity index (χ1) is 12.9. The van der Waals surface area contributed by atoms with Crippen LogP contribution >= 0.6 is 0 Å². The monoisotopic (exact) mass is 382 g/mol. The molecular weight excluding hydrogens is 360 g/mol. The SMILES string of the molecule is Cc1ccc(S(=O)(=O)n2cc(CO)c(C3CC3)c2-c2ccccc2C)cn1. The third kappa shape index (κ3) is 3.09. The lowest BCUT2D eigenvalue weighted by atomic mass is 9.98. The van der Waals surface area contributed by atoms with E-state index in [0.717, 1.165) is 35.2 Å². The summed E-state index contributed by atoms with van der Waals surface area (Å²) < 4.78 is 28.2. The van der Waals surface area contributed by atoms with Crippen LogP contribution in [0.25, 0.3) is 11.3 Å². The number of rotatable bonds is 5. The van der Waals surface area contributed by atoms with Crippen LogP contribution in [0, 0.1) is 13.8 Å². The van der Waals surface area contributed by atoms with Crippen molar-refractivity contribution in [1.82, 2.24) is 8.96 Å². The molecular formula is C21H22N2O3S. The van der Waals surface area contributed by atoms with Gasteiger partial charge in [-0.05, 0) is 55.9 Å². The van der Waals surface area contributed by atoms with Gasteiger partial charge in [0.05, 0.1) is 12.3 Å². The van der Waals surface area contributed by atoms with Crippen LogP contribution in [0.15, 0.2) is 53.7 Å². The van der Waals surface area contributed by atoms with Gasteiger partial charge < -0.3 is 5.11 Å². The summed E-state index contributed by atoms with van der Waals surface area (Å²) in [5, 5.41) is 9.90. The van der Waals surface area contributed by atoms with Crippen LogP contribution in [0.5, 0.6) is 0 Å². The Morgan fingerprint density at radius 1 is 1.15 bits per heavy atom. The normalized spacial score (nSPS) is 14.5. The third-order valence-electron chi connectivity index (χ3n) is 5.09. The summed E-state index contributed by atoms with van der Waals surface area (Å²) >= 11 is 0. The fourth-order valence-corrected chi connectivity index (χ4v) is 4.87. The minimum atomic E-state index is -3.83. The van der Waals surface area contributed by atoms with Gasteiger partial charge in [0.15, 0.2) is 0 Å². The number of benzene rings is 1. The van der Waals surface area contributed by atoms with Crippen molar-refractivity contribution in [1.29, 1.82) is 0 Å². The maximum Gasteiger partial charge on any atom is 0.269 e. The molecule has 6 heteroatoms. The Morgan fingerprint density at radius 2 is 1.89 bits per heavy atom. The smallest absolute Gasteiger partial charge is 0.269 e. The number of nitrogens with zero attached hydrogens (tertiary/aromatic N) is 2. The van der Waals surface area contributed by atoms with Gasteiger partial charge in [-0.1, -0.05) is 24.3 Å². The maximum absolute atomic E-state index is 13.4. The maximum atomic E-state index is 13.4. The number of hydrogen-bond acceptors (Lipinski definition) is 4. The van der Waals surface area contributed by atoms with E-state index >= 15 is 0 Å². The van der Waals surface area contributed by atoms with E-state index in [1.165, 1.54) is 10.2 Å². The van der Waals surface area contributed by atoms with E-state index in [4.69, 9.17) is 0 Å². The van der Waals surface area contributed by atoms with Gasteiger partial charge in [-0.15, -0.1) is 0 Å². The van der Waals surface area contributed by atoms with Crippen LogP contribution in [0.1, 0.15) is 41.1 Å². The minimum Gasteiger partial charge on any atom is -0.392 e. The highest BCUT2D eigenvalue weighted by atomic mass is 32.2. The topological polar surface area (TPSA) is 72.2 Å². The van der Waals surface area contributed by atoms with E-state index in [1.807, 2.05) is 38.1 Å². The van der Waals surface area contributed by atoms with Crippen LogP contribution < -0.4 is 0 Å². The van der Waals surface area contributed by atoms with E-state index in [-0.39, 0.29) is 11.5 Å². The molecule has 0 bridgehead atoms. The van der Waals surface area contributed by atoms with Gasteiger partial charge in [0.2, 0.25) is 0 Å². The molecule has 140 valence electrons. The van der Waals surface area contributed by atoms with Gasteiger partial charge in [0.25, 0.3) is 10.0 Å². The molecule has 0 saturated heterocycles. The summed E-state index contributed by atoms with van der Waals surface area (Å²) in [7, 11) is -3.83. The fourth-order valence-electron chi connectivity index (χ4n) is 3.51. The number of pyridine rings is 1. The van der Waals surface area contributed by atoms with Crippen molar-refractivity contribution < 1.29 is 13.5 Å². The standard InChI is InChI=1S/C21H22N2O3S/c1-14-5-3-4-6-19(14)21-20(16-8-9-16)17(13-24)12-23(21)27(25,26)18-10-7-15(2)22-11-18/h3-7,10-12,16,24H,8-9,13H2,1-2H3. The fraction of sp³-hybridized carbons (Fsp3) is 0.286. The molecule has 27 heavy (non-hydrogen) atoms. The van der Waals surface area contributed by atoms with Crippen LogP contribution in [0.2, 0.25) is 0 Å². The van der Waals surface area contributed by atoms with E-state index in [9.17, 15) is 13.5 Å². The molecule has 0 aliphatic heterocycles. The van der Waals surface area contributed by atoms with Crippen molar-refractivity contribution in [2.75, 3.05) is 0 Å². The number of aliphatic hydroxyl groups is 1. The number of aromatic nitrogens is 2. The van der Waals surface area contributed by atoms with Gasteiger partial charge >= 0.3 is 0 Å². The van der Waals surface area contributed by atoms with E-state index in [2.05, 4.69) is 4.98 Å². The van der Waals surface area contributed by atoms with Crippen LogP contribution in [0.3, 0.4) is 0 Å². The molecule has 5 nitrogen and oxygen atoms in total. The van der Waals surface area contributed by atoms with E-state index in [1.54, 1.807) is 18.3 Å². The molecule has 0 unspecified atom stereocenters. The number of aliphatic hydroxyl groups excluding tert-OH is 1. The first-order valence-corrected chi connectivity index (χ1v) is 10.5. The zero-order valence-electron chi connectivity index (χ0n) is 15.4. The van der Waals surface area contributed by atoms with Crippen LogP contribution in [-0.4, -0.2) is 22.5 Å². The summed E-state index contributed by atoms with van der Waals surface area (Å²) in [5.74, 6) is 0.300. The Bertz CT molecular complexity index is 1090. The van der Waals surface area contributed by atoms with Crippen LogP contribution in [-0.2, 0) is 16.6 Å². The second-order valence-corrected chi connectivity index (χ2v) is 8.92. The van der Waals surface area contributed by atoms with Crippen molar-refractivity contribution in [2.24, 2.45) is 0 Å². The van der Waals surface area contributed by atoms with E-state index < -0.39 is 10.0 Å². The Balaban J connectivity index is 2.01. The van der Waals surface area contributed by atoms with Crippen molar-refractivity contribution >= 4 is 10.0 Å². The molecule has 0 radical (unpaired) electrons. The second kappa shape index (κ2) is 6.62. The molecule has 2 heterocycles. The molecule has 0 spiro atoms. The summed E-state index contributed by atoms with van der Waals surface area (Å²) in [6.45, 7) is 3.61. The van der Waals surface area contributed by atoms with E-state index in [0.29, 0.717) is 17.2 Å². The quantitative estimate of drug-likeness (QED) is 0.729.